The molecule has 2 unspecified atom stereocenters. The SMILES string of the molecule is CC(I)C(=O)Oc1cc(OC(=O)C(C)I)cc(C(=O)OC(C)(C)C2CC[NH+](C)CC2)c1. The molecule has 2 rings (SSSR count). The summed E-state index contributed by atoms with van der Waals surface area (Å²) in [6.07, 6.45) is 1.96. The summed E-state index contributed by atoms with van der Waals surface area (Å²) in [5, 5.41) is 0. The van der Waals surface area contributed by atoms with Gasteiger partial charge in [0, 0.05) is 24.8 Å². The lowest BCUT2D eigenvalue weighted by Gasteiger charge is -2.37. The summed E-state index contributed by atoms with van der Waals surface area (Å²) >= 11 is 3.89. The maximum atomic E-state index is 13.0. The number of likely N-dealkylation sites (tertiary alicyclic amines) is 1. The molecular weight excluding hydrogens is 628 g/mol. The van der Waals surface area contributed by atoms with Crippen molar-refractivity contribution in [1.29, 1.82) is 0 Å². The van der Waals surface area contributed by atoms with Gasteiger partial charge >= 0.3 is 17.9 Å². The average Bonchev–Trinajstić information content (AvgIpc) is 2.67. The van der Waals surface area contributed by atoms with E-state index < -0.39 is 23.5 Å². The van der Waals surface area contributed by atoms with E-state index in [0.29, 0.717) is 0 Å². The van der Waals surface area contributed by atoms with Crippen molar-refractivity contribution in [3.05, 3.63) is 23.8 Å². The van der Waals surface area contributed by atoms with Crippen LogP contribution in [-0.4, -0.2) is 51.5 Å². The number of ether oxygens (including phenoxy) is 3. The Kier molecular flexibility index (Phi) is 9.56. The number of hydrogen-bond acceptors (Lipinski definition) is 6. The van der Waals surface area contributed by atoms with Gasteiger partial charge in [0.2, 0.25) is 0 Å². The van der Waals surface area contributed by atoms with Crippen LogP contribution in [0.2, 0.25) is 0 Å². The molecule has 1 aromatic rings. The molecule has 0 amide bonds. The van der Waals surface area contributed by atoms with Crippen LogP contribution in [-0.2, 0) is 14.3 Å². The lowest BCUT2D eigenvalue weighted by Crippen LogP contribution is -3.10. The Bertz CT molecular complexity index is 776. The predicted octanol–water partition coefficient (Wildman–Crippen LogP) is 3.00. The number of carbonyl (C=O) groups excluding carboxylic acids is 3. The van der Waals surface area contributed by atoms with Gasteiger partial charge in [0.1, 0.15) is 24.9 Å². The van der Waals surface area contributed by atoms with Crippen LogP contribution in [0.15, 0.2) is 18.2 Å². The highest BCUT2D eigenvalue weighted by Gasteiger charge is 2.37. The predicted molar refractivity (Wildman–Crippen MR) is 134 cm³/mol. The van der Waals surface area contributed by atoms with E-state index in [1.54, 1.807) is 13.8 Å². The third-order valence-corrected chi connectivity index (χ3v) is 6.40. The van der Waals surface area contributed by atoms with Gasteiger partial charge in [-0.25, -0.2) is 4.79 Å². The molecule has 1 aliphatic rings. The fourth-order valence-corrected chi connectivity index (χ4v) is 3.64. The lowest BCUT2D eigenvalue weighted by atomic mass is 9.83. The Morgan fingerprint density at radius 2 is 1.42 bits per heavy atom. The molecule has 172 valence electrons. The molecule has 1 aromatic carbocycles. The standard InChI is InChI=1S/C22H29I2NO6/c1-13(23)19(26)29-17-10-15(11-18(12-17)30-20(27)14(2)24)21(28)31-22(3,4)16-6-8-25(5)9-7-16/h10-14,16H,6-9H2,1-5H3/p+1. The van der Waals surface area contributed by atoms with Gasteiger partial charge in [-0.2, -0.15) is 0 Å². The molecule has 0 aliphatic carbocycles. The molecule has 7 nitrogen and oxygen atoms in total. The van der Waals surface area contributed by atoms with E-state index in [-0.39, 0.29) is 30.8 Å². The third kappa shape index (κ3) is 7.85. The van der Waals surface area contributed by atoms with Crippen molar-refractivity contribution in [1.82, 2.24) is 0 Å². The van der Waals surface area contributed by atoms with Crippen LogP contribution >= 0.6 is 45.2 Å². The smallest absolute Gasteiger partial charge is 0.338 e. The molecule has 0 aromatic heterocycles. The summed E-state index contributed by atoms with van der Waals surface area (Å²) in [6.45, 7) is 9.34. The number of alkyl halides is 2. The first-order valence-electron chi connectivity index (χ1n) is 10.3. The summed E-state index contributed by atoms with van der Waals surface area (Å²) in [7, 11) is 2.16. The van der Waals surface area contributed by atoms with Crippen molar-refractivity contribution < 1.29 is 33.5 Å². The first-order valence-corrected chi connectivity index (χ1v) is 12.8. The van der Waals surface area contributed by atoms with Crippen molar-refractivity contribution >= 4 is 63.1 Å². The second-order valence-electron chi connectivity index (χ2n) is 8.49. The minimum absolute atomic E-state index is 0.132. The van der Waals surface area contributed by atoms with Gasteiger partial charge < -0.3 is 19.1 Å². The van der Waals surface area contributed by atoms with E-state index in [0.717, 1.165) is 25.9 Å². The number of piperidine rings is 1. The summed E-state index contributed by atoms with van der Waals surface area (Å²) in [5.74, 6) is -0.936. The number of nitrogens with one attached hydrogen (secondary N) is 1. The van der Waals surface area contributed by atoms with Crippen LogP contribution in [0, 0.1) is 5.92 Å². The van der Waals surface area contributed by atoms with E-state index in [9.17, 15) is 14.4 Å². The number of benzene rings is 1. The van der Waals surface area contributed by atoms with Crippen molar-refractivity contribution in [2.75, 3.05) is 20.1 Å². The molecule has 2 atom stereocenters. The van der Waals surface area contributed by atoms with Crippen LogP contribution in [0.25, 0.3) is 0 Å². The Morgan fingerprint density at radius 3 is 1.84 bits per heavy atom. The Balaban J connectivity index is 2.26. The van der Waals surface area contributed by atoms with Crippen molar-refractivity contribution in [2.45, 2.75) is 54.0 Å². The van der Waals surface area contributed by atoms with Gasteiger partial charge in [0.15, 0.2) is 0 Å². The summed E-state index contributed by atoms with van der Waals surface area (Å²) in [6, 6.07) is 4.31. The second-order valence-corrected chi connectivity index (χ2v) is 12.2. The Labute approximate surface area is 210 Å². The number of halogens is 2. The molecule has 1 N–H and O–H groups in total. The van der Waals surface area contributed by atoms with Crippen molar-refractivity contribution in [2.24, 2.45) is 5.92 Å². The quantitative estimate of drug-likeness (QED) is 0.210. The lowest BCUT2D eigenvalue weighted by molar-refractivity contribution is -0.886. The zero-order valence-corrected chi connectivity index (χ0v) is 22.8. The number of quaternary nitrogens is 1. The number of esters is 3. The highest BCUT2D eigenvalue weighted by molar-refractivity contribution is 14.1. The second kappa shape index (κ2) is 11.3. The van der Waals surface area contributed by atoms with E-state index in [1.807, 2.05) is 59.0 Å². The average molecular weight is 658 g/mol. The van der Waals surface area contributed by atoms with Crippen molar-refractivity contribution in [3.63, 3.8) is 0 Å². The van der Waals surface area contributed by atoms with E-state index in [2.05, 4.69) is 7.05 Å². The molecule has 1 saturated heterocycles. The maximum Gasteiger partial charge on any atom is 0.338 e. The normalized spacial score (nSPS) is 21.0. The van der Waals surface area contributed by atoms with Gasteiger partial charge in [-0.15, -0.1) is 0 Å². The van der Waals surface area contributed by atoms with Gasteiger partial charge in [-0.05, 0) is 39.8 Å². The summed E-state index contributed by atoms with van der Waals surface area (Å²) in [5.41, 5.74) is -0.476. The molecule has 0 saturated carbocycles. The highest BCUT2D eigenvalue weighted by Crippen LogP contribution is 2.31. The minimum Gasteiger partial charge on any atom is -0.456 e. The number of rotatable bonds is 7. The first-order chi connectivity index (χ1) is 14.4. The largest absolute Gasteiger partial charge is 0.456 e. The fourth-order valence-electron chi connectivity index (χ4n) is 3.39. The topological polar surface area (TPSA) is 83.3 Å². The molecule has 31 heavy (non-hydrogen) atoms. The van der Waals surface area contributed by atoms with Crippen molar-refractivity contribution in [3.8, 4) is 11.5 Å². The number of carbonyl (C=O) groups is 3. The first kappa shape index (κ1) is 26.3. The summed E-state index contributed by atoms with van der Waals surface area (Å²) < 4.78 is 15.8. The van der Waals surface area contributed by atoms with Crippen LogP contribution in [0.3, 0.4) is 0 Å². The van der Waals surface area contributed by atoms with Gasteiger partial charge in [-0.3, -0.25) is 9.59 Å². The monoisotopic (exact) mass is 658 g/mol. The van der Waals surface area contributed by atoms with E-state index in [4.69, 9.17) is 14.2 Å². The van der Waals surface area contributed by atoms with E-state index >= 15 is 0 Å². The van der Waals surface area contributed by atoms with Crippen LogP contribution in [0.4, 0.5) is 0 Å². The molecule has 1 aliphatic heterocycles. The molecule has 0 bridgehead atoms. The third-order valence-electron chi connectivity index (χ3n) is 5.38. The zero-order valence-electron chi connectivity index (χ0n) is 18.5. The zero-order chi connectivity index (χ0) is 23.3. The molecular formula is C22H30I2NO6+. The van der Waals surface area contributed by atoms with Crippen LogP contribution in [0.1, 0.15) is 50.9 Å². The van der Waals surface area contributed by atoms with Crippen LogP contribution in [0.5, 0.6) is 11.5 Å². The van der Waals surface area contributed by atoms with Gasteiger partial charge in [-0.1, -0.05) is 45.2 Å². The van der Waals surface area contributed by atoms with Gasteiger partial charge in [0.25, 0.3) is 0 Å². The molecule has 1 fully saturated rings. The molecule has 0 spiro atoms. The molecule has 9 heteroatoms. The van der Waals surface area contributed by atoms with Gasteiger partial charge in [0.05, 0.1) is 25.7 Å². The Hall–Kier alpha value is -0.950. The minimum atomic E-state index is -0.644. The van der Waals surface area contributed by atoms with Crippen LogP contribution < -0.4 is 14.4 Å². The fraction of sp³-hybridized carbons (Fsp3) is 0.591. The number of hydrogen-bond donors (Lipinski definition) is 1. The summed E-state index contributed by atoms with van der Waals surface area (Å²) in [4.78, 5) is 38.6. The molecule has 0 radical (unpaired) electrons. The molecule has 1 heterocycles. The highest BCUT2D eigenvalue weighted by atomic mass is 127. The Morgan fingerprint density at radius 1 is 0.968 bits per heavy atom. The van der Waals surface area contributed by atoms with E-state index in [1.165, 1.54) is 23.1 Å². The maximum absolute atomic E-state index is 13.0.